The molecule has 3 unspecified atom stereocenters. The maximum absolute atomic E-state index is 12.1. The Kier molecular flexibility index (Phi) is 2.83. The second kappa shape index (κ2) is 3.97. The molecule has 3 atom stereocenters. The quantitative estimate of drug-likeness (QED) is 0.707. The Hall–Kier alpha value is -0.830. The number of nitrogens with zero attached hydrogens (tertiary/aromatic N) is 1. The highest BCUT2D eigenvalue weighted by Gasteiger charge is 2.35. The molecule has 0 heterocycles. The van der Waals surface area contributed by atoms with Gasteiger partial charge in [-0.05, 0) is 32.1 Å². The molecule has 3 heteroatoms. The van der Waals surface area contributed by atoms with E-state index in [1.165, 1.54) is 12.8 Å². The summed E-state index contributed by atoms with van der Waals surface area (Å²) in [5.74, 6) is 0.989. The largest absolute Gasteiger partial charge is 0.342 e. The average molecular weight is 208 g/mol. The Balaban J connectivity index is 1.92. The maximum atomic E-state index is 12.1. The van der Waals surface area contributed by atoms with Gasteiger partial charge in [-0.3, -0.25) is 4.79 Å². The van der Waals surface area contributed by atoms with E-state index >= 15 is 0 Å². The predicted molar refractivity (Wildman–Crippen MR) is 60.2 cm³/mol. The van der Waals surface area contributed by atoms with E-state index in [1.807, 2.05) is 24.1 Å². The van der Waals surface area contributed by atoms with Crippen LogP contribution in [0.15, 0.2) is 12.2 Å². The smallest absolute Gasteiger partial charge is 0.229 e. The van der Waals surface area contributed by atoms with Gasteiger partial charge in [0, 0.05) is 19.1 Å². The summed E-state index contributed by atoms with van der Waals surface area (Å²) in [4.78, 5) is 14.0. The molecule has 0 aromatic carbocycles. The van der Waals surface area contributed by atoms with E-state index in [4.69, 9.17) is 5.73 Å². The molecule has 84 valence electrons. The van der Waals surface area contributed by atoms with Gasteiger partial charge in [0.1, 0.15) is 0 Å². The van der Waals surface area contributed by atoms with E-state index in [2.05, 4.69) is 6.92 Å². The molecule has 2 aliphatic rings. The third kappa shape index (κ3) is 2.23. The molecule has 1 amide bonds. The van der Waals surface area contributed by atoms with E-state index in [1.54, 1.807) is 0 Å². The summed E-state index contributed by atoms with van der Waals surface area (Å²) in [6, 6.07) is 0.464. The van der Waals surface area contributed by atoms with Gasteiger partial charge in [0.15, 0.2) is 0 Å². The van der Waals surface area contributed by atoms with E-state index < -0.39 is 0 Å². The van der Waals surface area contributed by atoms with Gasteiger partial charge in [-0.2, -0.15) is 0 Å². The molecular formula is C12H20N2O. The fourth-order valence-corrected chi connectivity index (χ4v) is 2.27. The van der Waals surface area contributed by atoms with Crippen LogP contribution in [0, 0.1) is 11.8 Å². The molecule has 2 aliphatic carbocycles. The van der Waals surface area contributed by atoms with Crippen LogP contribution in [0.1, 0.15) is 26.2 Å². The second-order valence-corrected chi connectivity index (χ2v) is 4.92. The van der Waals surface area contributed by atoms with Crippen molar-refractivity contribution in [3.05, 3.63) is 12.2 Å². The van der Waals surface area contributed by atoms with Gasteiger partial charge < -0.3 is 10.6 Å². The van der Waals surface area contributed by atoms with Crippen molar-refractivity contribution in [2.24, 2.45) is 17.6 Å². The highest BCUT2D eigenvalue weighted by molar-refractivity contribution is 5.81. The summed E-state index contributed by atoms with van der Waals surface area (Å²) in [7, 11) is 1.92. The summed E-state index contributed by atoms with van der Waals surface area (Å²) in [6.07, 6.45) is 7.24. The highest BCUT2D eigenvalue weighted by Crippen LogP contribution is 2.35. The van der Waals surface area contributed by atoms with Gasteiger partial charge in [-0.25, -0.2) is 0 Å². The summed E-state index contributed by atoms with van der Waals surface area (Å²) in [5.41, 5.74) is 5.75. The standard InChI is InChI=1S/C12H20N2O/c1-8(9-3-4-9)14(2)12(15)10-5-6-11(13)7-10/h5-6,8-11H,3-4,7,13H2,1-2H3. The first-order chi connectivity index (χ1) is 7.09. The first-order valence-electron chi connectivity index (χ1n) is 5.80. The molecule has 1 saturated carbocycles. The number of amides is 1. The van der Waals surface area contributed by atoms with Gasteiger partial charge >= 0.3 is 0 Å². The molecule has 0 saturated heterocycles. The van der Waals surface area contributed by atoms with Crippen molar-refractivity contribution >= 4 is 5.91 Å². The molecule has 2 N–H and O–H groups in total. The minimum atomic E-state index is 0.0196. The van der Waals surface area contributed by atoms with Crippen LogP contribution in [0.25, 0.3) is 0 Å². The summed E-state index contributed by atoms with van der Waals surface area (Å²) < 4.78 is 0. The van der Waals surface area contributed by atoms with Gasteiger partial charge in [0.05, 0.1) is 5.92 Å². The lowest BCUT2D eigenvalue weighted by Crippen LogP contribution is -2.40. The Morgan fingerprint density at radius 2 is 2.13 bits per heavy atom. The lowest BCUT2D eigenvalue weighted by molar-refractivity contribution is -0.134. The SMILES string of the molecule is CC(C1CC1)N(C)C(=O)C1C=CC(N)C1. The zero-order valence-electron chi connectivity index (χ0n) is 9.52. The summed E-state index contributed by atoms with van der Waals surface area (Å²) >= 11 is 0. The molecule has 0 radical (unpaired) electrons. The minimum absolute atomic E-state index is 0.0196. The lowest BCUT2D eigenvalue weighted by atomic mass is 10.0. The minimum Gasteiger partial charge on any atom is -0.342 e. The topological polar surface area (TPSA) is 46.3 Å². The predicted octanol–water partition coefficient (Wildman–Crippen LogP) is 1.15. The molecular weight excluding hydrogens is 188 g/mol. The molecule has 2 rings (SSSR count). The first-order valence-corrected chi connectivity index (χ1v) is 5.80. The summed E-state index contributed by atoms with van der Waals surface area (Å²) in [6.45, 7) is 2.15. The number of carbonyl (C=O) groups excluding carboxylic acids is 1. The van der Waals surface area contributed by atoms with E-state index in [0.717, 1.165) is 12.3 Å². The number of rotatable bonds is 3. The van der Waals surface area contributed by atoms with Crippen molar-refractivity contribution in [1.29, 1.82) is 0 Å². The molecule has 0 aromatic heterocycles. The molecule has 0 aromatic rings. The number of nitrogens with two attached hydrogens (primary N) is 1. The van der Waals surface area contributed by atoms with Gasteiger partial charge in [0.2, 0.25) is 5.91 Å². The van der Waals surface area contributed by atoms with Crippen LogP contribution >= 0.6 is 0 Å². The molecule has 0 aliphatic heterocycles. The van der Waals surface area contributed by atoms with Crippen molar-refractivity contribution in [3.8, 4) is 0 Å². The van der Waals surface area contributed by atoms with Crippen LogP contribution in [-0.2, 0) is 4.79 Å². The average Bonchev–Trinajstić information content (AvgIpc) is 2.98. The fraction of sp³-hybridized carbons (Fsp3) is 0.750. The van der Waals surface area contributed by atoms with Gasteiger partial charge in [0.25, 0.3) is 0 Å². The van der Waals surface area contributed by atoms with E-state index in [9.17, 15) is 4.79 Å². The Bertz CT molecular complexity index is 283. The lowest BCUT2D eigenvalue weighted by Gasteiger charge is -2.27. The van der Waals surface area contributed by atoms with Crippen LogP contribution in [0.5, 0.6) is 0 Å². The van der Waals surface area contributed by atoms with Crippen molar-refractivity contribution in [1.82, 2.24) is 4.90 Å². The Morgan fingerprint density at radius 1 is 1.47 bits per heavy atom. The monoisotopic (exact) mass is 208 g/mol. The van der Waals surface area contributed by atoms with Crippen LogP contribution in [0.2, 0.25) is 0 Å². The second-order valence-electron chi connectivity index (χ2n) is 4.92. The zero-order chi connectivity index (χ0) is 11.0. The maximum Gasteiger partial charge on any atom is 0.229 e. The van der Waals surface area contributed by atoms with Gasteiger partial charge in [-0.1, -0.05) is 12.2 Å². The third-order valence-corrected chi connectivity index (χ3v) is 3.70. The van der Waals surface area contributed by atoms with Crippen LogP contribution in [0.4, 0.5) is 0 Å². The number of carbonyl (C=O) groups is 1. The van der Waals surface area contributed by atoms with Crippen LogP contribution in [0.3, 0.4) is 0 Å². The van der Waals surface area contributed by atoms with Crippen molar-refractivity contribution in [2.45, 2.75) is 38.3 Å². The summed E-state index contributed by atoms with van der Waals surface area (Å²) in [5, 5.41) is 0. The molecule has 0 spiro atoms. The zero-order valence-corrected chi connectivity index (χ0v) is 9.52. The van der Waals surface area contributed by atoms with Gasteiger partial charge in [-0.15, -0.1) is 0 Å². The molecule has 0 bridgehead atoms. The normalized spacial score (nSPS) is 31.7. The Morgan fingerprint density at radius 3 is 2.60 bits per heavy atom. The first kappa shape index (κ1) is 10.7. The highest BCUT2D eigenvalue weighted by atomic mass is 16.2. The molecule has 15 heavy (non-hydrogen) atoms. The number of hydrogen-bond donors (Lipinski definition) is 1. The van der Waals surface area contributed by atoms with Crippen LogP contribution < -0.4 is 5.73 Å². The Labute approximate surface area is 91.3 Å². The number of hydrogen-bond acceptors (Lipinski definition) is 2. The van der Waals surface area contributed by atoms with E-state index in [0.29, 0.717) is 6.04 Å². The molecule has 3 nitrogen and oxygen atoms in total. The van der Waals surface area contributed by atoms with Crippen LogP contribution in [-0.4, -0.2) is 29.9 Å². The third-order valence-electron chi connectivity index (χ3n) is 3.70. The van der Waals surface area contributed by atoms with Crippen molar-refractivity contribution in [2.75, 3.05) is 7.05 Å². The fourth-order valence-electron chi connectivity index (χ4n) is 2.27. The van der Waals surface area contributed by atoms with Crippen molar-refractivity contribution < 1.29 is 4.79 Å². The molecule has 1 fully saturated rings. The van der Waals surface area contributed by atoms with Crippen molar-refractivity contribution in [3.63, 3.8) is 0 Å². The van der Waals surface area contributed by atoms with E-state index in [-0.39, 0.29) is 17.9 Å².